The summed E-state index contributed by atoms with van der Waals surface area (Å²) in [6.45, 7) is 4.40. The first-order valence-electron chi connectivity index (χ1n) is 12.9. The molecule has 40 heavy (non-hydrogen) atoms. The first-order chi connectivity index (χ1) is 19.1. The number of carbonyl (C=O) groups excluding carboxylic acids is 1. The number of hydrogen-bond donors (Lipinski definition) is 3. The predicted octanol–water partition coefficient (Wildman–Crippen LogP) is 3.01. The second-order valence-corrected chi connectivity index (χ2v) is 11.4. The van der Waals surface area contributed by atoms with Crippen molar-refractivity contribution in [1.82, 2.24) is 24.7 Å². The number of nitrogens with zero attached hydrogens (tertiary/aromatic N) is 4. The standard InChI is InChI=1S/C25H34FN6O7P/c1-4-16(5-2)13-36-20(33)12-31-40(35,39-17-9-7-6-8-10-17)37-14-19-21(34)25(3,26)22(38-19)18-11-28-24-23(27)29-15-30-32(18)24/h6-11,15-16,19,21-22,34H,4-5,12-14H2,1-3H3,(H,31,35)(H2,27,29,30). The number of nitrogen functional groups attached to an aromatic ring is 1. The molecule has 218 valence electrons. The van der Waals surface area contributed by atoms with Crippen LogP contribution in [0.1, 0.15) is 45.4 Å². The van der Waals surface area contributed by atoms with Crippen molar-refractivity contribution in [2.75, 3.05) is 25.5 Å². The fourth-order valence-electron chi connectivity index (χ4n) is 4.26. The van der Waals surface area contributed by atoms with Gasteiger partial charge in [-0.3, -0.25) is 9.32 Å². The largest absolute Gasteiger partial charge is 0.464 e. The van der Waals surface area contributed by atoms with Crippen molar-refractivity contribution in [1.29, 1.82) is 0 Å². The average molecular weight is 581 g/mol. The Morgan fingerprint density at radius 2 is 2.02 bits per heavy atom. The van der Waals surface area contributed by atoms with E-state index in [0.29, 0.717) is 0 Å². The first-order valence-corrected chi connectivity index (χ1v) is 14.5. The molecule has 0 spiro atoms. The molecule has 0 amide bonds. The van der Waals surface area contributed by atoms with Crippen LogP contribution in [0.4, 0.5) is 10.2 Å². The third-order valence-corrected chi connectivity index (χ3v) is 8.29. The van der Waals surface area contributed by atoms with E-state index in [0.717, 1.165) is 12.8 Å². The van der Waals surface area contributed by atoms with Crippen LogP contribution in [0.5, 0.6) is 5.75 Å². The van der Waals surface area contributed by atoms with Crippen molar-refractivity contribution in [2.45, 2.75) is 57.6 Å². The maximum Gasteiger partial charge on any atom is 0.459 e. The number of alkyl halides is 1. The Bertz CT molecular complexity index is 1340. The number of hydrogen-bond acceptors (Lipinski definition) is 11. The lowest BCUT2D eigenvalue weighted by Gasteiger charge is -2.24. The molecule has 0 bridgehead atoms. The second-order valence-electron chi connectivity index (χ2n) is 9.61. The summed E-state index contributed by atoms with van der Waals surface area (Å²) in [5, 5.41) is 17.3. The van der Waals surface area contributed by atoms with Crippen LogP contribution in [0.3, 0.4) is 0 Å². The highest BCUT2D eigenvalue weighted by Crippen LogP contribution is 2.48. The maximum atomic E-state index is 15.8. The number of nitrogens with two attached hydrogens (primary N) is 1. The number of imidazole rings is 1. The van der Waals surface area contributed by atoms with Crippen molar-refractivity contribution in [3.8, 4) is 5.75 Å². The second kappa shape index (κ2) is 12.6. The van der Waals surface area contributed by atoms with Crippen LogP contribution in [-0.2, 0) is 23.4 Å². The molecule has 0 saturated carbocycles. The number of nitrogens with one attached hydrogen (secondary N) is 1. The fourth-order valence-corrected chi connectivity index (χ4v) is 5.54. The molecule has 5 atom stereocenters. The number of rotatable bonds is 13. The molecule has 3 aromatic rings. The van der Waals surface area contributed by atoms with Gasteiger partial charge in [0.25, 0.3) is 0 Å². The monoisotopic (exact) mass is 580 g/mol. The summed E-state index contributed by atoms with van der Waals surface area (Å²) in [7, 11) is -4.22. The molecule has 13 nitrogen and oxygen atoms in total. The van der Waals surface area contributed by atoms with Gasteiger partial charge in [0.15, 0.2) is 17.1 Å². The molecule has 4 rings (SSSR count). The zero-order valence-electron chi connectivity index (χ0n) is 22.5. The Hall–Kier alpha value is -3.16. The third-order valence-electron chi connectivity index (χ3n) is 6.81. The van der Waals surface area contributed by atoms with Crippen molar-refractivity contribution in [2.24, 2.45) is 5.92 Å². The molecular formula is C25H34FN6O7P. The summed E-state index contributed by atoms with van der Waals surface area (Å²) >= 11 is 0. The maximum absolute atomic E-state index is 15.8. The summed E-state index contributed by atoms with van der Waals surface area (Å²) in [4.78, 5) is 20.3. The van der Waals surface area contributed by atoms with Crippen molar-refractivity contribution < 1.29 is 37.4 Å². The number of ether oxygens (including phenoxy) is 2. The average Bonchev–Trinajstić information content (AvgIpc) is 3.46. The summed E-state index contributed by atoms with van der Waals surface area (Å²) < 4.78 is 53.0. The molecule has 1 aliphatic heterocycles. The Kier molecular flexibility index (Phi) is 9.37. The zero-order valence-corrected chi connectivity index (χ0v) is 23.4. The van der Waals surface area contributed by atoms with Gasteiger partial charge in [0.1, 0.15) is 36.9 Å². The Labute approximate surface area is 230 Å². The Morgan fingerprint density at radius 3 is 2.73 bits per heavy atom. The van der Waals surface area contributed by atoms with Gasteiger partial charge in [-0.1, -0.05) is 44.9 Å². The number of aromatic nitrogens is 4. The van der Waals surface area contributed by atoms with Crippen LogP contribution in [0, 0.1) is 5.92 Å². The lowest BCUT2D eigenvalue weighted by atomic mass is 9.93. The van der Waals surface area contributed by atoms with E-state index in [4.69, 9.17) is 24.3 Å². The Balaban J connectivity index is 1.47. The van der Waals surface area contributed by atoms with Gasteiger partial charge in [-0.2, -0.15) is 5.10 Å². The minimum atomic E-state index is -4.22. The minimum Gasteiger partial charge on any atom is -0.464 e. The summed E-state index contributed by atoms with van der Waals surface area (Å²) in [6, 6.07) is 8.18. The summed E-state index contributed by atoms with van der Waals surface area (Å²) in [6.07, 6.45) is -0.0427. The van der Waals surface area contributed by atoms with Crippen LogP contribution in [0.15, 0.2) is 42.9 Å². The molecule has 1 aromatic carbocycles. The third kappa shape index (κ3) is 6.58. The number of halogens is 1. The van der Waals surface area contributed by atoms with Crippen molar-refractivity contribution in [3.05, 3.63) is 48.5 Å². The molecule has 0 aliphatic carbocycles. The van der Waals surface area contributed by atoms with Crippen LogP contribution in [0.25, 0.3) is 5.65 Å². The molecular weight excluding hydrogens is 546 g/mol. The predicted molar refractivity (Wildman–Crippen MR) is 142 cm³/mol. The van der Waals surface area contributed by atoms with Gasteiger partial charge in [0.2, 0.25) is 0 Å². The van der Waals surface area contributed by atoms with Gasteiger partial charge in [0.05, 0.1) is 25.1 Å². The van der Waals surface area contributed by atoms with E-state index in [1.807, 2.05) is 13.8 Å². The summed E-state index contributed by atoms with van der Waals surface area (Å²) in [5.41, 5.74) is 3.91. The lowest BCUT2D eigenvalue weighted by molar-refractivity contribution is -0.143. The van der Waals surface area contributed by atoms with Gasteiger partial charge in [0, 0.05) is 0 Å². The van der Waals surface area contributed by atoms with Gasteiger partial charge in [-0.15, -0.1) is 0 Å². The van der Waals surface area contributed by atoms with Crippen LogP contribution in [0.2, 0.25) is 0 Å². The molecule has 3 heterocycles. The molecule has 1 aliphatic rings. The first kappa shape index (κ1) is 29.8. The van der Waals surface area contributed by atoms with Crippen LogP contribution in [-0.4, -0.2) is 68.3 Å². The fraction of sp³-hybridized carbons (Fsp3) is 0.520. The molecule has 15 heteroatoms. The summed E-state index contributed by atoms with van der Waals surface area (Å²) in [5.74, 6) is -0.140. The smallest absolute Gasteiger partial charge is 0.459 e. The van der Waals surface area contributed by atoms with E-state index in [2.05, 4.69) is 20.2 Å². The molecule has 5 unspecified atom stereocenters. The van der Waals surface area contributed by atoms with E-state index < -0.39 is 50.8 Å². The highest BCUT2D eigenvalue weighted by Gasteiger charge is 2.56. The number of aliphatic hydroxyl groups is 1. The van der Waals surface area contributed by atoms with Gasteiger partial charge < -0.3 is 24.8 Å². The van der Waals surface area contributed by atoms with Crippen LogP contribution >= 0.6 is 7.75 Å². The van der Waals surface area contributed by atoms with Crippen molar-refractivity contribution in [3.63, 3.8) is 0 Å². The van der Waals surface area contributed by atoms with E-state index in [1.54, 1.807) is 30.3 Å². The quantitative estimate of drug-likeness (QED) is 0.200. The lowest BCUT2D eigenvalue weighted by Crippen LogP contribution is -2.40. The van der Waals surface area contributed by atoms with E-state index in [-0.39, 0.29) is 35.4 Å². The number of benzene rings is 1. The molecule has 1 saturated heterocycles. The highest BCUT2D eigenvalue weighted by atomic mass is 31.2. The number of anilines is 1. The van der Waals surface area contributed by atoms with E-state index in [9.17, 15) is 14.5 Å². The zero-order chi connectivity index (χ0) is 28.9. The van der Waals surface area contributed by atoms with Gasteiger partial charge in [-0.25, -0.2) is 28.5 Å². The minimum absolute atomic E-state index is 0.0868. The highest BCUT2D eigenvalue weighted by molar-refractivity contribution is 7.52. The number of aliphatic hydroxyl groups excluding tert-OH is 1. The number of carbonyl (C=O) groups is 1. The number of para-hydroxylation sites is 1. The van der Waals surface area contributed by atoms with E-state index in [1.165, 1.54) is 24.0 Å². The van der Waals surface area contributed by atoms with Gasteiger partial charge in [-0.05, 0) is 25.0 Å². The van der Waals surface area contributed by atoms with E-state index >= 15 is 4.39 Å². The topological polar surface area (TPSA) is 172 Å². The van der Waals surface area contributed by atoms with Gasteiger partial charge >= 0.3 is 13.7 Å². The molecule has 1 fully saturated rings. The molecule has 2 aromatic heterocycles. The Morgan fingerprint density at radius 1 is 1.30 bits per heavy atom. The number of esters is 1. The normalized spacial score (nSPS) is 24.3. The molecule has 4 N–H and O–H groups in total. The van der Waals surface area contributed by atoms with Crippen LogP contribution < -0.4 is 15.3 Å². The molecule has 0 radical (unpaired) electrons. The number of fused-ring (bicyclic) bond motifs is 1. The SMILES string of the molecule is CCC(CC)COC(=O)CNP(=O)(OCC1OC(c2cnc3c(N)ncnn23)C(C)(F)C1O)Oc1ccccc1. The van der Waals surface area contributed by atoms with Crippen molar-refractivity contribution >= 4 is 25.2 Å².